The smallest absolute Gasteiger partial charge is 0.0213 e. The third-order valence-corrected chi connectivity index (χ3v) is 4.15. The lowest BCUT2D eigenvalue weighted by atomic mass is 9.92. The first-order valence-electron chi connectivity index (χ1n) is 5.90. The Morgan fingerprint density at radius 3 is 2.71 bits per heavy atom. The minimum atomic E-state index is 0.558. The highest BCUT2D eigenvalue weighted by Crippen LogP contribution is 2.27. The van der Waals surface area contributed by atoms with Crippen LogP contribution in [0.25, 0.3) is 0 Å². The molecule has 1 atom stereocenters. The first kappa shape index (κ1) is 12.3. The van der Waals surface area contributed by atoms with Gasteiger partial charge in [0.1, 0.15) is 0 Å². The van der Waals surface area contributed by atoms with Crippen molar-refractivity contribution in [1.29, 1.82) is 0 Å². The SMILES string of the molecule is CCCCC(CC1CCSCC1)NN. The van der Waals surface area contributed by atoms with E-state index >= 15 is 0 Å². The predicted molar refractivity (Wildman–Crippen MR) is 65.3 cm³/mol. The average molecular weight is 216 g/mol. The zero-order valence-corrected chi connectivity index (χ0v) is 10.1. The van der Waals surface area contributed by atoms with Gasteiger partial charge < -0.3 is 0 Å². The lowest BCUT2D eigenvalue weighted by molar-refractivity contribution is 0.348. The molecule has 14 heavy (non-hydrogen) atoms. The zero-order chi connectivity index (χ0) is 10.2. The topological polar surface area (TPSA) is 38.0 Å². The molecule has 0 bridgehead atoms. The summed E-state index contributed by atoms with van der Waals surface area (Å²) in [6.07, 6.45) is 7.91. The van der Waals surface area contributed by atoms with E-state index in [1.807, 2.05) is 0 Å². The molecule has 0 spiro atoms. The predicted octanol–water partition coefficient (Wildman–Crippen LogP) is 2.54. The van der Waals surface area contributed by atoms with Gasteiger partial charge in [-0.05, 0) is 43.1 Å². The summed E-state index contributed by atoms with van der Waals surface area (Å²) in [5.74, 6) is 9.21. The van der Waals surface area contributed by atoms with Crippen molar-refractivity contribution in [2.45, 2.75) is 51.5 Å². The maximum Gasteiger partial charge on any atom is 0.0213 e. The van der Waals surface area contributed by atoms with Crippen LogP contribution in [0.5, 0.6) is 0 Å². The van der Waals surface area contributed by atoms with Crippen molar-refractivity contribution in [3.05, 3.63) is 0 Å². The molecule has 1 rings (SSSR count). The van der Waals surface area contributed by atoms with E-state index in [1.54, 1.807) is 0 Å². The van der Waals surface area contributed by atoms with Crippen molar-refractivity contribution in [3.63, 3.8) is 0 Å². The van der Waals surface area contributed by atoms with E-state index in [4.69, 9.17) is 5.84 Å². The second kappa shape index (κ2) is 7.55. The minimum Gasteiger partial charge on any atom is -0.271 e. The third-order valence-electron chi connectivity index (χ3n) is 3.10. The molecule has 3 N–H and O–H groups in total. The summed E-state index contributed by atoms with van der Waals surface area (Å²) in [6, 6.07) is 0.558. The van der Waals surface area contributed by atoms with Crippen molar-refractivity contribution in [1.82, 2.24) is 5.43 Å². The molecule has 1 saturated heterocycles. The second-order valence-corrected chi connectivity index (χ2v) is 5.52. The maximum atomic E-state index is 5.58. The number of hydrazine groups is 1. The molecule has 0 aromatic rings. The van der Waals surface area contributed by atoms with E-state index in [0.717, 1.165) is 5.92 Å². The molecule has 0 saturated carbocycles. The van der Waals surface area contributed by atoms with Gasteiger partial charge in [-0.25, -0.2) is 0 Å². The van der Waals surface area contributed by atoms with Crippen LogP contribution in [0.1, 0.15) is 45.4 Å². The molecule has 0 aromatic carbocycles. The summed E-state index contributed by atoms with van der Waals surface area (Å²) in [4.78, 5) is 0. The number of hydrogen-bond donors (Lipinski definition) is 2. The summed E-state index contributed by atoms with van der Waals surface area (Å²) < 4.78 is 0. The van der Waals surface area contributed by atoms with Crippen LogP contribution >= 0.6 is 11.8 Å². The van der Waals surface area contributed by atoms with Gasteiger partial charge >= 0.3 is 0 Å². The largest absolute Gasteiger partial charge is 0.271 e. The van der Waals surface area contributed by atoms with Crippen molar-refractivity contribution >= 4 is 11.8 Å². The quantitative estimate of drug-likeness (QED) is 0.529. The van der Waals surface area contributed by atoms with Gasteiger partial charge in [0.15, 0.2) is 0 Å². The van der Waals surface area contributed by atoms with E-state index in [1.165, 1.54) is 50.0 Å². The van der Waals surface area contributed by atoms with Crippen LogP contribution in [-0.2, 0) is 0 Å². The van der Waals surface area contributed by atoms with Gasteiger partial charge in [-0.1, -0.05) is 19.8 Å². The number of nitrogens with two attached hydrogens (primary N) is 1. The standard InChI is InChI=1S/C11H24N2S/c1-2-3-4-11(13-12)9-10-5-7-14-8-6-10/h10-11,13H,2-9,12H2,1H3. The molecule has 1 heterocycles. The van der Waals surface area contributed by atoms with Gasteiger partial charge in [0.25, 0.3) is 0 Å². The Balaban J connectivity index is 2.16. The molecule has 1 fully saturated rings. The third kappa shape index (κ3) is 4.67. The van der Waals surface area contributed by atoms with Crippen molar-refractivity contribution in [2.75, 3.05) is 11.5 Å². The zero-order valence-electron chi connectivity index (χ0n) is 9.30. The fraction of sp³-hybridized carbons (Fsp3) is 1.00. The molecular formula is C11H24N2S. The van der Waals surface area contributed by atoms with Crippen molar-refractivity contribution < 1.29 is 0 Å². The molecule has 84 valence electrons. The van der Waals surface area contributed by atoms with Crippen LogP contribution in [0.4, 0.5) is 0 Å². The first-order chi connectivity index (χ1) is 6.86. The van der Waals surface area contributed by atoms with Gasteiger partial charge in [0.2, 0.25) is 0 Å². The van der Waals surface area contributed by atoms with Crippen LogP contribution in [0.2, 0.25) is 0 Å². The summed E-state index contributed by atoms with van der Waals surface area (Å²) in [6.45, 7) is 2.24. The van der Waals surface area contributed by atoms with Crippen LogP contribution < -0.4 is 11.3 Å². The summed E-state index contributed by atoms with van der Waals surface area (Å²) >= 11 is 2.10. The molecule has 0 amide bonds. The van der Waals surface area contributed by atoms with Gasteiger partial charge in [0, 0.05) is 6.04 Å². The monoisotopic (exact) mass is 216 g/mol. The summed E-state index contributed by atoms with van der Waals surface area (Å²) in [5.41, 5.74) is 2.98. The van der Waals surface area contributed by atoms with Crippen LogP contribution in [0, 0.1) is 5.92 Å². The van der Waals surface area contributed by atoms with Gasteiger partial charge in [0.05, 0.1) is 0 Å². The number of thioether (sulfide) groups is 1. The average Bonchev–Trinajstić information content (AvgIpc) is 2.25. The van der Waals surface area contributed by atoms with E-state index in [0.29, 0.717) is 6.04 Å². The highest BCUT2D eigenvalue weighted by Gasteiger charge is 2.17. The van der Waals surface area contributed by atoms with E-state index in [9.17, 15) is 0 Å². The fourth-order valence-electron chi connectivity index (χ4n) is 2.10. The number of hydrogen-bond acceptors (Lipinski definition) is 3. The fourth-order valence-corrected chi connectivity index (χ4v) is 3.31. The number of unbranched alkanes of at least 4 members (excludes halogenated alkanes) is 1. The minimum absolute atomic E-state index is 0.558. The first-order valence-corrected chi connectivity index (χ1v) is 7.06. The molecule has 1 aliphatic rings. The van der Waals surface area contributed by atoms with E-state index < -0.39 is 0 Å². The molecule has 0 aromatic heterocycles. The van der Waals surface area contributed by atoms with Crippen molar-refractivity contribution in [3.8, 4) is 0 Å². The number of nitrogens with one attached hydrogen (secondary N) is 1. The normalized spacial score (nSPS) is 21.0. The molecule has 3 heteroatoms. The van der Waals surface area contributed by atoms with Crippen LogP contribution in [0.3, 0.4) is 0 Å². The molecule has 2 nitrogen and oxygen atoms in total. The van der Waals surface area contributed by atoms with Gasteiger partial charge in [-0.3, -0.25) is 11.3 Å². The summed E-state index contributed by atoms with van der Waals surface area (Å²) in [7, 11) is 0. The van der Waals surface area contributed by atoms with Gasteiger partial charge in [-0.2, -0.15) is 11.8 Å². The lowest BCUT2D eigenvalue weighted by Gasteiger charge is -2.25. The second-order valence-electron chi connectivity index (χ2n) is 4.30. The molecule has 1 aliphatic heterocycles. The van der Waals surface area contributed by atoms with Crippen molar-refractivity contribution in [2.24, 2.45) is 11.8 Å². The molecular weight excluding hydrogens is 192 g/mol. The Morgan fingerprint density at radius 1 is 1.43 bits per heavy atom. The number of rotatable bonds is 6. The van der Waals surface area contributed by atoms with E-state index in [-0.39, 0.29) is 0 Å². The van der Waals surface area contributed by atoms with Crippen LogP contribution in [0.15, 0.2) is 0 Å². The Morgan fingerprint density at radius 2 is 2.14 bits per heavy atom. The molecule has 1 unspecified atom stereocenters. The van der Waals surface area contributed by atoms with Gasteiger partial charge in [-0.15, -0.1) is 0 Å². The Kier molecular flexibility index (Phi) is 6.65. The Labute approximate surface area is 92.4 Å². The molecule has 0 radical (unpaired) electrons. The molecule has 0 aliphatic carbocycles. The van der Waals surface area contributed by atoms with E-state index in [2.05, 4.69) is 24.1 Å². The highest BCUT2D eigenvalue weighted by atomic mass is 32.2. The van der Waals surface area contributed by atoms with Crippen LogP contribution in [-0.4, -0.2) is 17.5 Å². The highest BCUT2D eigenvalue weighted by molar-refractivity contribution is 7.99. The Bertz CT molecular complexity index is 135. The summed E-state index contributed by atoms with van der Waals surface area (Å²) in [5, 5.41) is 0. The Hall–Kier alpha value is 0.270. The maximum absolute atomic E-state index is 5.58. The lowest BCUT2D eigenvalue weighted by Crippen LogP contribution is -2.37.